The van der Waals surface area contributed by atoms with Gasteiger partial charge in [-0.25, -0.2) is 0 Å². The Morgan fingerprint density at radius 1 is 1.12 bits per heavy atom. The molecular weight excluding hydrogens is 210 g/mol. The van der Waals surface area contributed by atoms with Crippen LogP contribution in [-0.4, -0.2) is 17.7 Å². The van der Waals surface area contributed by atoms with Crippen molar-refractivity contribution < 1.29 is 5.11 Å². The zero-order valence-electron chi connectivity index (χ0n) is 11.4. The normalized spacial score (nSPS) is 14.9. The van der Waals surface area contributed by atoms with Crippen molar-refractivity contribution in [3.63, 3.8) is 0 Å². The number of rotatable bonds is 6. The van der Waals surface area contributed by atoms with Crippen molar-refractivity contribution in [3.05, 3.63) is 29.8 Å². The van der Waals surface area contributed by atoms with E-state index in [2.05, 4.69) is 33.0 Å². The van der Waals surface area contributed by atoms with Crippen LogP contribution in [-0.2, 0) is 6.42 Å². The molecule has 2 N–H and O–H groups in total. The van der Waals surface area contributed by atoms with Crippen molar-refractivity contribution in [2.75, 3.05) is 6.54 Å². The fraction of sp³-hybridized carbons (Fsp3) is 0.600. The first-order chi connectivity index (χ1) is 8.04. The predicted molar refractivity (Wildman–Crippen MR) is 73.3 cm³/mol. The van der Waals surface area contributed by atoms with E-state index in [0.717, 1.165) is 13.0 Å². The quantitative estimate of drug-likeness (QED) is 0.793. The van der Waals surface area contributed by atoms with Gasteiger partial charge in [0.2, 0.25) is 0 Å². The summed E-state index contributed by atoms with van der Waals surface area (Å²) < 4.78 is 0. The summed E-state index contributed by atoms with van der Waals surface area (Å²) in [6.07, 6.45) is 1.06. The van der Waals surface area contributed by atoms with E-state index in [-0.39, 0.29) is 0 Å². The number of phenols is 1. The minimum atomic E-state index is 0.342. The van der Waals surface area contributed by atoms with E-state index in [1.807, 2.05) is 12.1 Å². The summed E-state index contributed by atoms with van der Waals surface area (Å²) in [4.78, 5) is 0. The van der Waals surface area contributed by atoms with Gasteiger partial charge in [-0.3, -0.25) is 0 Å². The van der Waals surface area contributed by atoms with E-state index in [0.29, 0.717) is 23.6 Å². The van der Waals surface area contributed by atoms with E-state index in [9.17, 15) is 5.11 Å². The van der Waals surface area contributed by atoms with Gasteiger partial charge in [-0.05, 0) is 49.4 Å². The zero-order chi connectivity index (χ0) is 12.8. The molecule has 2 nitrogen and oxygen atoms in total. The maximum Gasteiger partial charge on any atom is 0.115 e. The molecule has 96 valence electrons. The predicted octanol–water partition coefficient (Wildman–Crippen LogP) is 3.20. The summed E-state index contributed by atoms with van der Waals surface area (Å²) in [5.41, 5.74) is 1.30. The van der Waals surface area contributed by atoms with Crippen molar-refractivity contribution in [1.29, 1.82) is 0 Å². The maximum absolute atomic E-state index is 9.28. The lowest BCUT2D eigenvalue weighted by Crippen LogP contribution is -2.37. The zero-order valence-corrected chi connectivity index (χ0v) is 11.4. The topological polar surface area (TPSA) is 32.3 Å². The third-order valence-electron chi connectivity index (χ3n) is 3.43. The number of hydrogen-bond acceptors (Lipinski definition) is 2. The first-order valence-electron chi connectivity index (χ1n) is 6.55. The van der Waals surface area contributed by atoms with Crippen LogP contribution in [0.4, 0.5) is 0 Å². The summed E-state index contributed by atoms with van der Waals surface area (Å²) in [7, 11) is 0. The van der Waals surface area contributed by atoms with Crippen LogP contribution in [0.5, 0.6) is 5.75 Å². The van der Waals surface area contributed by atoms with Gasteiger partial charge in [0, 0.05) is 6.04 Å². The fourth-order valence-electron chi connectivity index (χ4n) is 2.37. The van der Waals surface area contributed by atoms with Gasteiger partial charge in [-0.2, -0.15) is 0 Å². The summed E-state index contributed by atoms with van der Waals surface area (Å²) in [5.74, 6) is 1.62. The molecule has 0 aliphatic rings. The molecule has 0 amide bonds. The molecule has 2 unspecified atom stereocenters. The van der Waals surface area contributed by atoms with Crippen molar-refractivity contribution in [1.82, 2.24) is 5.32 Å². The van der Waals surface area contributed by atoms with Gasteiger partial charge >= 0.3 is 0 Å². The summed E-state index contributed by atoms with van der Waals surface area (Å²) in [5, 5.41) is 12.8. The second-order valence-electron chi connectivity index (χ2n) is 5.12. The van der Waals surface area contributed by atoms with Gasteiger partial charge in [0.25, 0.3) is 0 Å². The van der Waals surface area contributed by atoms with Gasteiger partial charge in [0.1, 0.15) is 5.75 Å². The Bertz CT molecular complexity index is 318. The molecule has 0 saturated heterocycles. The van der Waals surface area contributed by atoms with Gasteiger partial charge in [-0.1, -0.05) is 32.9 Å². The Kier molecular flexibility index (Phi) is 5.49. The molecule has 0 spiro atoms. The largest absolute Gasteiger partial charge is 0.508 e. The van der Waals surface area contributed by atoms with Gasteiger partial charge in [0.05, 0.1) is 0 Å². The molecule has 0 fully saturated rings. The minimum absolute atomic E-state index is 0.342. The molecule has 2 heteroatoms. The van der Waals surface area contributed by atoms with Crippen LogP contribution in [0.15, 0.2) is 24.3 Å². The third kappa shape index (κ3) is 4.39. The lowest BCUT2D eigenvalue weighted by Gasteiger charge is -2.28. The van der Waals surface area contributed by atoms with Crippen LogP contribution in [0.2, 0.25) is 0 Å². The third-order valence-corrected chi connectivity index (χ3v) is 3.43. The monoisotopic (exact) mass is 235 g/mol. The van der Waals surface area contributed by atoms with E-state index in [4.69, 9.17) is 0 Å². The molecule has 1 rings (SSSR count). The highest BCUT2D eigenvalue weighted by atomic mass is 16.3. The van der Waals surface area contributed by atoms with E-state index >= 15 is 0 Å². The van der Waals surface area contributed by atoms with Crippen molar-refractivity contribution >= 4 is 0 Å². The smallest absolute Gasteiger partial charge is 0.115 e. The Morgan fingerprint density at radius 2 is 1.71 bits per heavy atom. The standard InChI is InChI=1S/C15H25NO/c1-5-16-12(4)15(11(2)3)10-13-6-8-14(17)9-7-13/h6-9,11-12,15-17H,5,10H2,1-4H3. The molecule has 0 radical (unpaired) electrons. The molecule has 1 aromatic carbocycles. The number of nitrogens with one attached hydrogen (secondary N) is 1. The van der Waals surface area contributed by atoms with Crippen molar-refractivity contribution in [3.8, 4) is 5.75 Å². The Hall–Kier alpha value is -1.02. The molecule has 2 atom stereocenters. The van der Waals surface area contributed by atoms with Crippen molar-refractivity contribution in [2.45, 2.75) is 40.2 Å². The number of phenolic OH excluding ortho intramolecular Hbond substituents is 1. The fourth-order valence-corrected chi connectivity index (χ4v) is 2.37. The lowest BCUT2D eigenvalue weighted by atomic mass is 9.84. The van der Waals surface area contributed by atoms with Crippen LogP contribution in [0.3, 0.4) is 0 Å². The van der Waals surface area contributed by atoms with Gasteiger partial charge < -0.3 is 10.4 Å². The van der Waals surface area contributed by atoms with Gasteiger partial charge in [-0.15, -0.1) is 0 Å². The summed E-state index contributed by atoms with van der Waals surface area (Å²) in [6, 6.07) is 8.09. The number of benzene rings is 1. The van der Waals surface area contributed by atoms with Gasteiger partial charge in [0.15, 0.2) is 0 Å². The average Bonchev–Trinajstić information content (AvgIpc) is 2.28. The van der Waals surface area contributed by atoms with E-state index in [1.54, 1.807) is 12.1 Å². The molecular formula is C15H25NO. The van der Waals surface area contributed by atoms with Crippen LogP contribution >= 0.6 is 0 Å². The van der Waals surface area contributed by atoms with Crippen molar-refractivity contribution in [2.24, 2.45) is 11.8 Å². The molecule has 0 aromatic heterocycles. The van der Waals surface area contributed by atoms with Crippen LogP contribution in [0.25, 0.3) is 0 Å². The van der Waals surface area contributed by atoms with Crippen LogP contribution in [0.1, 0.15) is 33.3 Å². The maximum atomic E-state index is 9.28. The van der Waals surface area contributed by atoms with Crippen LogP contribution < -0.4 is 5.32 Å². The lowest BCUT2D eigenvalue weighted by molar-refractivity contribution is 0.292. The first kappa shape index (κ1) is 14.0. The molecule has 0 heterocycles. The number of aromatic hydroxyl groups is 1. The molecule has 17 heavy (non-hydrogen) atoms. The SMILES string of the molecule is CCNC(C)C(Cc1ccc(O)cc1)C(C)C. The molecule has 0 bridgehead atoms. The molecule has 1 aromatic rings. The molecule has 0 aliphatic carbocycles. The highest BCUT2D eigenvalue weighted by molar-refractivity contribution is 5.26. The van der Waals surface area contributed by atoms with E-state index in [1.165, 1.54) is 5.56 Å². The summed E-state index contributed by atoms with van der Waals surface area (Å²) >= 11 is 0. The second-order valence-corrected chi connectivity index (χ2v) is 5.12. The number of hydrogen-bond donors (Lipinski definition) is 2. The Labute approximate surface area is 105 Å². The molecule has 0 saturated carbocycles. The average molecular weight is 235 g/mol. The highest BCUT2D eigenvalue weighted by Crippen LogP contribution is 2.22. The highest BCUT2D eigenvalue weighted by Gasteiger charge is 2.20. The Balaban J connectivity index is 2.69. The minimum Gasteiger partial charge on any atom is -0.508 e. The van der Waals surface area contributed by atoms with E-state index < -0.39 is 0 Å². The molecule has 0 aliphatic heterocycles. The Morgan fingerprint density at radius 3 is 2.18 bits per heavy atom. The summed E-state index contributed by atoms with van der Waals surface area (Å²) in [6.45, 7) is 9.97. The van der Waals surface area contributed by atoms with Crippen LogP contribution in [0, 0.1) is 11.8 Å². The second kappa shape index (κ2) is 6.65. The first-order valence-corrected chi connectivity index (χ1v) is 6.55.